The lowest BCUT2D eigenvalue weighted by atomic mass is 9.89. The van der Waals surface area contributed by atoms with Crippen LogP contribution in [0, 0.1) is 0 Å². The third kappa shape index (κ3) is 2.40. The Morgan fingerprint density at radius 1 is 0.900 bits per heavy atom. The average Bonchev–Trinajstić information content (AvgIpc) is 2.40. The normalized spacial score (nSPS) is 17.1. The van der Waals surface area contributed by atoms with Crippen molar-refractivity contribution in [2.45, 2.75) is 12.5 Å². The fourth-order valence-electron chi connectivity index (χ4n) is 2.59. The molecule has 0 spiro atoms. The molecule has 0 fully saturated rings. The Morgan fingerprint density at radius 3 is 2.35 bits per heavy atom. The molecule has 20 heavy (non-hydrogen) atoms. The maximum absolute atomic E-state index is 9.96. The molecule has 4 nitrogen and oxygen atoms in total. The van der Waals surface area contributed by atoms with Gasteiger partial charge in [0.15, 0.2) is 11.5 Å². The first-order valence-electron chi connectivity index (χ1n) is 6.23. The van der Waals surface area contributed by atoms with E-state index in [1.807, 2.05) is 12.1 Å². The highest BCUT2D eigenvalue weighted by molar-refractivity contribution is 5.85. The molecule has 1 aliphatic heterocycles. The molecule has 106 valence electrons. The fourth-order valence-corrected chi connectivity index (χ4v) is 2.59. The summed E-state index contributed by atoms with van der Waals surface area (Å²) in [5.41, 5.74) is 2.65. The van der Waals surface area contributed by atoms with Crippen LogP contribution in [0.5, 0.6) is 17.2 Å². The number of rotatable bonds is 1. The molecule has 5 heteroatoms. The number of halogens is 1. The number of hydrogen-bond acceptors (Lipinski definition) is 4. The van der Waals surface area contributed by atoms with E-state index in [1.54, 1.807) is 24.3 Å². The van der Waals surface area contributed by atoms with Gasteiger partial charge in [-0.1, -0.05) is 18.2 Å². The summed E-state index contributed by atoms with van der Waals surface area (Å²) in [5, 5.41) is 32.5. The highest BCUT2D eigenvalue weighted by Crippen LogP contribution is 2.38. The van der Waals surface area contributed by atoms with Crippen LogP contribution < -0.4 is 5.32 Å². The zero-order valence-corrected chi connectivity index (χ0v) is 11.5. The number of fused-ring (bicyclic) bond motifs is 1. The molecular formula is C15H16ClNO3. The van der Waals surface area contributed by atoms with Gasteiger partial charge >= 0.3 is 0 Å². The maximum Gasteiger partial charge on any atom is 0.157 e. The van der Waals surface area contributed by atoms with E-state index in [2.05, 4.69) is 5.32 Å². The van der Waals surface area contributed by atoms with Crippen molar-refractivity contribution in [1.82, 2.24) is 5.32 Å². The zero-order valence-electron chi connectivity index (χ0n) is 10.7. The lowest BCUT2D eigenvalue weighted by molar-refractivity contribution is 0.399. The van der Waals surface area contributed by atoms with Crippen molar-refractivity contribution in [3.05, 3.63) is 53.1 Å². The number of phenols is 3. The topological polar surface area (TPSA) is 72.7 Å². The zero-order chi connectivity index (χ0) is 13.4. The minimum Gasteiger partial charge on any atom is -0.508 e. The summed E-state index contributed by atoms with van der Waals surface area (Å²) in [6, 6.07) is 10.1. The molecule has 2 aromatic rings. The van der Waals surface area contributed by atoms with Gasteiger partial charge in [-0.15, -0.1) is 12.4 Å². The second-order valence-corrected chi connectivity index (χ2v) is 4.74. The van der Waals surface area contributed by atoms with E-state index in [-0.39, 0.29) is 35.7 Å². The van der Waals surface area contributed by atoms with Crippen molar-refractivity contribution in [2.24, 2.45) is 0 Å². The van der Waals surface area contributed by atoms with Gasteiger partial charge in [-0.05, 0) is 35.7 Å². The molecule has 1 heterocycles. The van der Waals surface area contributed by atoms with Crippen LogP contribution in [0.2, 0.25) is 0 Å². The van der Waals surface area contributed by atoms with Crippen molar-refractivity contribution in [3.63, 3.8) is 0 Å². The molecule has 1 unspecified atom stereocenters. The molecule has 3 rings (SSSR count). The summed E-state index contributed by atoms with van der Waals surface area (Å²) in [7, 11) is 0. The molecular weight excluding hydrogens is 278 g/mol. The van der Waals surface area contributed by atoms with Gasteiger partial charge in [-0.3, -0.25) is 0 Å². The number of benzene rings is 2. The van der Waals surface area contributed by atoms with Crippen LogP contribution in [-0.2, 0) is 6.42 Å². The molecule has 0 amide bonds. The van der Waals surface area contributed by atoms with Gasteiger partial charge in [-0.2, -0.15) is 0 Å². The summed E-state index contributed by atoms with van der Waals surface area (Å²) in [5.74, 6) is -0.0139. The van der Waals surface area contributed by atoms with Crippen molar-refractivity contribution < 1.29 is 15.3 Å². The highest BCUT2D eigenvalue weighted by Gasteiger charge is 2.24. The van der Waals surface area contributed by atoms with Gasteiger partial charge in [0.2, 0.25) is 0 Å². The Labute approximate surface area is 123 Å². The maximum atomic E-state index is 9.96. The lowest BCUT2D eigenvalue weighted by Crippen LogP contribution is -2.30. The molecule has 0 saturated carbocycles. The summed E-state index contributed by atoms with van der Waals surface area (Å²) in [6.45, 7) is 0.760. The monoisotopic (exact) mass is 293 g/mol. The number of phenolic OH excluding ortho intramolecular Hbond substituents is 3. The van der Waals surface area contributed by atoms with Gasteiger partial charge in [-0.25, -0.2) is 0 Å². The van der Waals surface area contributed by atoms with Crippen LogP contribution in [-0.4, -0.2) is 21.9 Å². The standard InChI is InChI=1S/C15H15NO3.ClH/c17-12-4-2-1-3-10(12)15-11-8-14(19)13(18)7-9(11)5-6-16-15;/h1-4,7-8,15-19H,5-6H2;1H. The van der Waals surface area contributed by atoms with Crippen molar-refractivity contribution in [3.8, 4) is 17.2 Å². The van der Waals surface area contributed by atoms with Crippen molar-refractivity contribution in [1.29, 1.82) is 0 Å². The Balaban J connectivity index is 0.00000147. The first kappa shape index (κ1) is 14.5. The lowest BCUT2D eigenvalue weighted by Gasteiger charge is -2.28. The molecule has 1 atom stereocenters. The number of aromatic hydroxyl groups is 3. The molecule has 0 bridgehead atoms. The number of nitrogens with one attached hydrogen (secondary N) is 1. The second-order valence-electron chi connectivity index (χ2n) is 4.74. The summed E-state index contributed by atoms with van der Waals surface area (Å²) in [4.78, 5) is 0. The third-order valence-electron chi connectivity index (χ3n) is 3.54. The molecule has 0 saturated heterocycles. The van der Waals surface area contributed by atoms with Crippen LogP contribution >= 0.6 is 12.4 Å². The van der Waals surface area contributed by atoms with Gasteiger partial charge in [0, 0.05) is 12.1 Å². The van der Waals surface area contributed by atoms with Crippen LogP contribution in [0.25, 0.3) is 0 Å². The van der Waals surface area contributed by atoms with Gasteiger partial charge in [0.1, 0.15) is 5.75 Å². The largest absolute Gasteiger partial charge is 0.508 e. The fraction of sp³-hybridized carbons (Fsp3) is 0.200. The van der Waals surface area contributed by atoms with Crippen LogP contribution in [0.3, 0.4) is 0 Å². The average molecular weight is 294 g/mol. The van der Waals surface area contributed by atoms with E-state index in [0.29, 0.717) is 0 Å². The quantitative estimate of drug-likeness (QED) is 0.610. The molecule has 4 N–H and O–H groups in total. The van der Waals surface area contributed by atoms with Gasteiger partial charge in [0.25, 0.3) is 0 Å². The first-order chi connectivity index (χ1) is 9.16. The Morgan fingerprint density at radius 2 is 1.60 bits per heavy atom. The Hall–Kier alpha value is -1.91. The Kier molecular flexibility index (Phi) is 4.06. The SMILES string of the molecule is Cl.Oc1cc2c(cc1O)C(c1ccccc1O)NCC2. The molecule has 1 aliphatic rings. The molecule has 2 aromatic carbocycles. The molecule has 0 aromatic heterocycles. The predicted octanol–water partition coefficient (Wildman–Crippen LogP) is 2.46. The Bertz CT molecular complexity index is 631. The molecule has 0 aliphatic carbocycles. The minimum absolute atomic E-state index is 0. The van der Waals surface area contributed by atoms with E-state index >= 15 is 0 Å². The first-order valence-corrected chi connectivity index (χ1v) is 6.23. The van der Waals surface area contributed by atoms with E-state index < -0.39 is 0 Å². The van der Waals surface area contributed by atoms with E-state index in [0.717, 1.165) is 29.7 Å². The summed E-state index contributed by atoms with van der Waals surface area (Å²) >= 11 is 0. The third-order valence-corrected chi connectivity index (χ3v) is 3.54. The smallest absolute Gasteiger partial charge is 0.157 e. The van der Waals surface area contributed by atoms with Crippen LogP contribution in [0.1, 0.15) is 22.7 Å². The number of hydrogen-bond donors (Lipinski definition) is 4. The van der Waals surface area contributed by atoms with E-state index in [4.69, 9.17) is 0 Å². The summed E-state index contributed by atoms with van der Waals surface area (Å²) < 4.78 is 0. The van der Waals surface area contributed by atoms with Gasteiger partial charge < -0.3 is 20.6 Å². The minimum atomic E-state index is -0.170. The molecule has 0 radical (unpaired) electrons. The van der Waals surface area contributed by atoms with Crippen LogP contribution in [0.15, 0.2) is 36.4 Å². The highest BCUT2D eigenvalue weighted by atomic mass is 35.5. The van der Waals surface area contributed by atoms with E-state index in [9.17, 15) is 15.3 Å². The van der Waals surface area contributed by atoms with Crippen LogP contribution in [0.4, 0.5) is 0 Å². The second kappa shape index (κ2) is 5.61. The number of para-hydroxylation sites is 1. The van der Waals surface area contributed by atoms with E-state index in [1.165, 1.54) is 0 Å². The summed E-state index contributed by atoms with van der Waals surface area (Å²) in [6.07, 6.45) is 0.785. The van der Waals surface area contributed by atoms with Crippen molar-refractivity contribution >= 4 is 12.4 Å². The van der Waals surface area contributed by atoms with Gasteiger partial charge in [0.05, 0.1) is 6.04 Å². The van der Waals surface area contributed by atoms with Crippen molar-refractivity contribution in [2.75, 3.05) is 6.54 Å². The predicted molar refractivity (Wildman–Crippen MR) is 78.7 cm³/mol.